The van der Waals surface area contributed by atoms with Crippen LogP contribution in [0.1, 0.15) is 24.6 Å². The van der Waals surface area contributed by atoms with Gasteiger partial charge in [0.25, 0.3) is 0 Å². The highest BCUT2D eigenvalue weighted by Crippen LogP contribution is 2.29. The molecule has 1 fully saturated rings. The average Bonchev–Trinajstić information content (AvgIpc) is 3.25. The van der Waals surface area contributed by atoms with Gasteiger partial charge in [0.05, 0.1) is 5.69 Å². The molecule has 1 aliphatic rings. The standard InChI is InChI=1S/C17H18FN5O2/c1-23-14(6-8-19-23)15-10-13(7-9-24-15)20-17-21-16(22-25-17)11-2-4-12(18)5-3-11/h2-6,8,13,15H,7,9-10H2,1H3,(H,20,21,22). The molecule has 8 heteroatoms. The molecule has 2 atom stereocenters. The molecule has 0 amide bonds. The van der Waals surface area contributed by atoms with Gasteiger partial charge in [-0.05, 0) is 43.2 Å². The summed E-state index contributed by atoms with van der Waals surface area (Å²) in [5, 5.41) is 11.4. The highest BCUT2D eigenvalue weighted by atomic mass is 19.1. The Morgan fingerprint density at radius 3 is 2.84 bits per heavy atom. The summed E-state index contributed by atoms with van der Waals surface area (Å²) in [6.45, 7) is 0.645. The molecular weight excluding hydrogens is 325 g/mol. The van der Waals surface area contributed by atoms with E-state index < -0.39 is 0 Å². The van der Waals surface area contributed by atoms with Crippen molar-refractivity contribution in [2.45, 2.75) is 25.0 Å². The number of hydrogen-bond donors (Lipinski definition) is 1. The van der Waals surface area contributed by atoms with Crippen molar-refractivity contribution in [3.05, 3.63) is 48.0 Å². The summed E-state index contributed by atoms with van der Waals surface area (Å²) in [5.41, 5.74) is 1.75. The van der Waals surface area contributed by atoms with Crippen molar-refractivity contribution in [3.8, 4) is 11.4 Å². The van der Waals surface area contributed by atoms with Gasteiger partial charge in [-0.25, -0.2) is 4.39 Å². The van der Waals surface area contributed by atoms with Gasteiger partial charge in [-0.2, -0.15) is 10.1 Å². The Labute approximate surface area is 143 Å². The first kappa shape index (κ1) is 15.8. The van der Waals surface area contributed by atoms with Crippen LogP contribution in [-0.4, -0.2) is 32.6 Å². The molecule has 0 spiro atoms. The molecule has 0 saturated carbocycles. The predicted molar refractivity (Wildman–Crippen MR) is 88.2 cm³/mol. The van der Waals surface area contributed by atoms with Gasteiger partial charge in [0.1, 0.15) is 11.9 Å². The average molecular weight is 343 g/mol. The third kappa shape index (κ3) is 3.39. The lowest BCUT2D eigenvalue weighted by molar-refractivity contribution is 0.00466. The van der Waals surface area contributed by atoms with Gasteiger partial charge in [-0.3, -0.25) is 4.68 Å². The molecule has 25 heavy (non-hydrogen) atoms. The summed E-state index contributed by atoms with van der Waals surface area (Å²) in [6, 6.07) is 8.47. The van der Waals surface area contributed by atoms with Crippen molar-refractivity contribution in [1.29, 1.82) is 0 Å². The minimum absolute atomic E-state index is 0.0155. The molecule has 7 nitrogen and oxygen atoms in total. The summed E-state index contributed by atoms with van der Waals surface area (Å²) in [7, 11) is 1.91. The number of halogens is 1. The Hall–Kier alpha value is -2.74. The number of ether oxygens (including phenoxy) is 1. The summed E-state index contributed by atoms with van der Waals surface area (Å²) in [5.74, 6) is 0.131. The first-order valence-electron chi connectivity index (χ1n) is 8.15. The molecule has 0 radical (unpaired) electrons. The van der Waals surface area contributed by atoms with Crippen molar-refractivity contribution >= 4 is 6.01 Å². The Bertz CT molecular complexity index is 845. The maximum atomic E-state index is 13.0. The van der Waals surface area contributed by atoms with Crippen molar-refractivity contribution in [3.63, 3.8) is 0 Å². The molecule has 2 unspecified atom stereocenters. The van der Waals surface area contributed by atoms with Crippen molar-refractivity contribution in [1.82, 2.24) is 19.9 Å². The van der Waals surface area contributed by atoms with E-state index in [0.29, 0.717) is 24.0 Å². The Morgan fingerprint density at radius 2 is 2.08 bits per heavy atom. The van der Waals surface area contributed by atoms with E-state index in [1.54, 1.807) is 18.3 Å². The first-order valence-corrected chi connectivity index (χ1v) is 8.15. The van der Waals surface area contributed by atoms with E-state index >= 15 is 0 Å². The van der Waals surface area contributed by atoms with E-state index in [2.05, 4.69) is 20.6 Å². The normalized spacial score (nSPS) is 20.6. The molecule has 0 aliphatic carbocycles. The lowest BCUT2D eigenvalue weighted by Gasteiger charge is -2.29. The number of benzene rings is 1. The molecule has 2 aromatic heterocycles. The maximum absolute atomic E-state index is 13.0. The monoisotopic (exact) mass is 343 g/mol. The number of aryl methyl sites for hydroxylation is 1. The number of hydrogen-bond acceptors (Lipinski definition) is 6. The van der Waals surface area contributed by atoms with E-state index in [0.717, 1.165) is 18.5 Å². The van der Waals surface area contributed by atoms with Crippen LogP contribution in [0, 0.1) is 5.82 Å². The van der Waals surface area contributed by atoms with Gasteiger partial charge in [-0.15, -0.1) is 0 Å². The second kappa shape index (κ2) is 6.64. The fraction of sp³-hybridized carbons (Fsp3) is 0.353. The van der Waals surface area contributed by atoms with Crippen LogP contribution >= 0.6 is 0 Å². The van der Waals surface area contributed by atoms with Crippen LogP contribution in [0.2, 0.25) is 0 Å². The zero-order valence-electron chi connectivity index (χ0n) is 13.7. The predicted octanol–water partition coefficient (Wildman–Crippen LogP) is 2.94. The van der Waals surface area contributed by atoms with Gasteiger partial charge in [0.2, 0.25) is 5.82 Å². The fourth-order valence-electron chi connectivity index (χ4n) is 3.01. The van der Waals surface area contributed by atoms with Crippen LogP contribution in [0.15, 0.2) is 41.1 Å². The minimum Gasteiger partial charge on any atom is -0.372 e. The number of aromatic nitrogens is 4. The Balaban J connectivity index is 1.44. The topological polar surface area (TPSA) is 78.0 Å². The lowest BCUT2D eigenvalue weighted by Crippen LogP contribution is -2.31. The largest absolute Gasteiger partial charge is 0.372 e. The van der Waals surface area contributed by atoms with Crippen molar-refractivity contribution in [2.24, 2.45) is 7.05 Å². The second-order valence-electron chi connectivity index (χ2n) is 6.03. The Morgan fingerprint density at radius 1 is 1.24 bits per heavy atom. The number of nitrogens with one attached hydrogen (secondary N) is 1. The van der Waals surface area contributed by atoms with Crippen LogP contribution in [0.4, 0.5) is 10.4 Å². The summed E-state index contributed by atoms with van der Waals surface area (Å²) < 4.78 is 26.0. The molecule has 3 heterocycles. The maximum Gasteiger partial charge on any atom is 0.322 e. The van der Waals surface area contributed by atoms with Crippen LogP contribution in [0.3, 0.4) is 0 Å². The molecule has 0 bridgehead atoms. The molecule has 1 N–H and O–H groups in total. The van der Waals surface area contributed by atoms with Gasteiger partial charge in [0, 0.05) is 31.5 Å². The second-order valence-corrected chi connectivity index (χ2v) is 6.03. The van der Waals surface area contributed by atoms with Gasteiger partial charge in [0.15, 0.2) is 0 Å². The SMILES string of the molecule is Cn1nccc1C1CC(Nc2nc(-c3ccc(F)cc3)no2)CCO1. The highest BCUT2D eigenvalue weighted by molar-refractivity contribution is 5.55. The quantitative estimate of drug-likeness (QED) is 0.785. The van der Waals surface area contributed by atoms with Crippen molar-refractivity contribution in [2.75, 3.05) is 11.9 Å². The third-order valence-electron chi connectivity index (χ3n) is 4.33. The molecule has 3 aromatic rings. The van der Waals surface area contributed by atoms with Crippen LogP contribution in [0.25, 0.3) is 11.4 Å². The number of nitrogens with zero attached hydrogens (tertiary/aromatic N) is 4. The number of anilines is 1. The lowest BCUT2D eigenvalue weighted by atomic mass is 10.0. The fourth-order valence-corrected chi connectivity index (χ4v) is 3.01. The van der Waals surface area contributed by atoms with E-state index in [-0.39, 0.29) is 18.0 Å². The summed E-state index contributed by atoms with van der Waals surface area (Å²) in [4.78, 5) is 4.34. The van der Waals surface area contributed by atoms with Crippen LogP contribution < -0.4 is 5.32 Å². The molecule has 1 aliphatic heterocycles. The number of rotatable bonds is 4. The summed E-state index contributed by atoms with van der Waals surface area (Å²) >= 11 is 0. The van der Waals surface area contributed by atoms with Gasteiger partial charge < -0.3 is 14.6 Å². The van der Waals surface area contributed by atoms with Crippen LogP contribution in [0.5, 0.6) is 0 Å². The molecular formula is C17H18FN5O2. The van der Waals surface area contributed by atoms with E-state index in [1.165, 1.54) is 12.1 Å². The Kier molecular flexibility index (Phi) is 4.19. The highest BCUT2D eigenvalue weighted by Gasteiger charge is 2.27. The first-order chi connectivity index (χ1) is 12.2. The summed E-state index contributed by atoms with van der Waals surface area (Å²) in [6.07, 6.45) is 3.39. The van der Waals surface area contributed by atoms with Gasteiger partial charge >= 0.3 is 6.01 Å². The van der Waals surface area contributed by atoms with Crippen molar-refractivity contribution < 1.29 is 13.7 Å². The minimum atomic E-state index is -0.297. The smallest absolute Gasteiger partial charge is 0.322 e. The molecule has 1 aromatic carbocycles. The van der Waals surface area contributed by atoms with Gasteiger partial charge in [-0.1, -0.05) is 5.16 Å². The molecule has 130 valence electrons. The van der Waals surface area contributed by atoms with E-state index in [9.17, 15) is 4.39 Å². The van der Waals surface area contributed by atoms with E-state index in [4.69, 9.17) is 9.26 Å². The van der Waals surface area contributed by atoms with E-state index in [1.807, 2.05) is 17.8 Å². The third-order valence-corrected chi connectivity index (χ3v) is 4.33. The van der Waals surface area contributed by atoms with Crippen LogP contribution in [-0.2, 0) is 11.8 Å². The zero-order chi connectivity index (χ0) is 17.2. The zero-order valence-corrected chi connectivity index (χ0v) is 13.7. The molecule has 1 saturated heterocycles. The molecule has 4 rings (SSSR count).